The number of hydrogen-bond donors (Lipinski definition) is 3. The van der Waals surface area contributed by atoms with Gasteiger partial charge >= 0.3 is 6.03 Å². The molecular weight excluding hydrogens is 310 g/mol. The fourth-order valence-corrected chi connectivity index (χ4v) is 2.77. The minimum Gasteiger partial charge on any atom is -0.351 e. The predicted octanol–water partition coefficient (Wildman–Crippen LogP) is 0.626. The third kappa shape index (κ3) is 5.62. The molecule has 0 unspecified atom stereocenters. The van der Waals surface area contributed by atoms with Crippen LogP contribution >= 0.6 is 0 Å². The van der Waals surface area contributed by atoms with Gasteiger partial charge in [-0.15, -0.1) is 0 Å². The maximum absolute atomic E-state index is 12.4. The van der Waals surface area contributed by atoms with Crippen molar-refractivity contribution in [2.45, 2.75) is 26.2 Å². The number of nitrogens with two attached hydrogens (primary N) is 1. The average Bonchev–Trinajstić information content (AvgIpc) is 2.52. The van der Waals surface area contributed by atoms with Crippen LogP contribution in [-0.4, -0.2) is 47.4 Å². The largest absolute Gasteiger partial charge is 0.351 e. The third-order valence-electron chi connectivity index (χ3n) is 3.93. The van der Waals surface area contributed by atoms with Crippen molar-refractivity contribution < 1.29 is 14.4 Å². The van der Waals surface area contributed by atoms with E-state index in [1.807, 2.05) is 24.4 Å². The van der Waals surface area contributed by atoms with E-state index in [1.165, 1.54) is 0 Å². The molecule has 1 aromatic rings. The number of imide groups is 1. The first-order valence-electron chi connectivity index (χ1n) is 8.00. The molecule has 1 saturated heterocycles. The Labute approximate surface area is 140 Å². The van der Waals surface area contributed by atoms with Gasteiger partial charge in [-0.2, -0.15) is 0 Å². The summed E-state index contributed by atoms with van der Waals surface area (Å²) in [6, 6.07) is 4.64. The first-order chi connectivity index (χ1) is 11.4. The number of hydrogen-bond acceptors (Lipinski definition) is 5. The second-order valence-electron chi connectivity index (χ2n) is 5.96. The van der Waals surface area contributed by atoms with E-state index >= 15 is 0 Å². The summed E-state index contributed by atoms with van der Waals surface area (Å²) in [6.45, 7) is 3.78. The van der Waals surface area contributed by atoms with Crippen LogP contribution in [0.25, 0.3) is 0 Å². The van der Waals surface area contributed by atoms with Crippen molar-refractivity contribution in [3.8, 4) is 0 Å². The van der Waals surface area contributed by atoms with E-state index in [0.717, 1.165) is 25.1 Å². The molecule has 0 aliphatic carbocycles. The summed E-state index contributed by atoms with van der Waals surface area (Å²) in [4.78, 5) is 40.8. The number of likely N-dealkylation sites (tertiary alicyclic amines) is 1. The van der Waals surface area contributed by atoms with Crippen molar-refractivity contribution in [1.82, 2.24) is 15.2 Å². The summed E-state index contributed by atoms with van der Waals surface area (Å²) in [7, 11) is 0. The normalized spacial score (nSPS) is 18.0. The van der Waals surface area contributed by atoms with Crippen LogP contribution in [-0.2, 0) is 9.59 Å². The van der Waals surface area contributed by atoms with E-state index < -0.39 is 11.9 Å². The zero-order valence-electron chi connectivity index (χ0n) is 13.7. The van der Waals surface area contributed by atoms with E-state index in [4.69, 9.17) is 5.73 Å². The second kappa shape index (κ2) is 8.39. The Bertz CT molecular complexity index is 619. The van der Waals surface area contributed by atoms with Gasteiger partial charge in [0.05, 0.1) is 5.92 Å². The quantitative estimate of drug-likeness (QED) is 0.730. The van der Waals surface area contributed by atoms with Gasteiger partial charge in [-0.25, -0.2) is 9.78 Å². The summed E-state index contributed by atoms with van der Waals surface area (Å²) in [5, 5.41) is 4.89. The zero-order valence-corrected chi connectivity index (χ0v) is 13.7. The van der Waals surface area contributed by atoms with Crippen LogP contribution in [0.3, 0.4) is 0 Å². The minimum absolute atomic E-state index is 0.0561. The molecule has 0 radical (unpaired) electrons. The molecule has 0 bridgehead atoms. The maximum Gasteiger partial charge on any atom is 0.318 e. The van der Waals surface area contributed by atoms with E-state index in [-0.39, 0.29) is 18.2 Å². The summed E-state index contributed by atoms with van der Waals surface area (Å²) in [5.41, 5.74) is 5.75. The molecule has 2 heterocycles. The van der Waals surface area contributed by atoms with E-state index in [0.29, 0.717) is 18.9 Å². The highest BCUT2D eigenvalue weighted by atomic mass is 16.2. The standard InChI is InChI=1S/C16H23N5O3/c1-11-4-2-6-13(18-11)19-15(23)12-5-3-8-21(10-12)9-7-14(22)20-16(17)24/h2,4,6,12H,3,5,7-10H2,1H3,(H,18,19,23)(H3,17,20,22,24)/t12-/m0/s1. The van der Waals surface area contributed by atoms with Crippen LogP contribution < -0.4 is 16.4 Å². The second-order valence-corrected chi connectivity index (χ2v) is 5.96. The smallest absolute Gasteiger partial charge is 0.318 e. The Kier molecular flexibility index (Phi) is 6.25. The molecule has 24 heavy (non-hydrogen) atoms. The van der Waals surface area contributed by atoms with Gasteiger partial charge in [0.2, 0.25) is 11.8 Å². The molecule has 4 N–H and O–H groups in total. The van der Waals surface area contributed by atoms with Gasteiger partial charge in [0, 0.05) is 25.2 Å². The molecule has 4 amide bonds. The molecule has 0 spiro atoms. The van der Waals surface area contributed by atoms with Gasteiger partial charge in [0.1, 0.15) is 5.82 Å². The topological polar surface area (TPSA) is 117 Å². The number of pyridine rings is 1. The molecule has 8 heteroatoms. The van der Waals surface area contributed by atoms with Crippen LogP contribution in [0.4, 0.5) is 10.6 Å². The molecule has 1 fully saturated rings. The summed E-state index contributed by atoms with van der Waals surface area (Å²) in [5.74, 6) is -0.0457. The van der Waals surface area contributed by atoms with Crippen LogP contribution in [0, 0.1) is 12.8 Å². The van der Waals surface area contributed by atoms with Crippen molar-refractivity contribution in [3.63, 3.8) is 0 Å². The highest BCUT2D eigenvalue weighted by Crippen LogP contribution is 2.18. The minimum atomic E-state index is -0.846. The number of nitrogens with one attached hydrogen (secondary N) is 2. The van der Waals surface area contributed by atoms with E-state index in [1.54, 1.807) is 6.07 Å². The lowest BCUT2D eigenvalue weighted by Crippen LogP contribution is -2.43. The predicted molar refractivity (Wildman–Crippen MR) is 89.1 cm³/mol. The Morgan fingerprint density at radius 3 is 2.88 bits per heavy atom. The van der Waals surface area contributed by atoms with Crippen molar-refractivity contribution >= 4 is 23.7 Å². The number of urea groups is 1. The van der Waals surface area contributed by atoms with Gasteiger partial charge in [0.15, 0.2) is 0 Å². The number of anilines is 1. The molecule has 1 aliphatic heterocycles. The maximum atomic E-state index is 12.4. The number of carbonyl (C=O) groups excluding carboxylic acids is 3. The average molecular weight is 333 g/mol. The van der Waals surface area contributed by atoms with Gasteiger partial charge in [-0.1, -0.05) is 6.07 Å². The van der Waals surface area contributed by atoms with Gasteiger partial charge in [0.25, 0.3) is 0 Å². The number of aryl methyl sites for hydroxylation is 1. The van der Waals surface area contributed by atoms with Crippen molar-refractivity contribution in [2.24, 2.45) is 11.7 Å². The van der Waals surface area contributed by atoms with Gasteiger partial charge in [-0.05, 0) is 38.4 Å². The molecule has 1 atom stereocenters. The Hall–Kier alpha value is -2.48. The molecule has 8 nitrogen and oxygen atoms in total. The molecule has 0 saturated carbocycles. The lowest BCUT2D eigenvalue weighted by atomic mass is 9.97. The number of carbonyl (C=O) groups is 3. The fraction of sp³-hybridized carbons (Fsp3) is 0.500. The van der Waals surface area contributed by atoms with E-state index in [2.05, 4.69) is 15.2 Å². The number of amides is 4. The van der Waals surface area contributed by atoms with Crippen LogP contribution in [0.1, 0.15) is 25.0 Å². The van der Waals surface area contributed by atoms with Crippen molar-refractivity contribution in [3.05, 3.63) is 23.9 Å². The van der Waals surface area contributed by atoms with Crippen LogP contribution in [0.2, 0.25) is 0 Å². The summed E-state index contributed by atoms with van der Waals surface area (Å²) >= 11 is 0. The number of nitrogens with zero attached hydrogens (tertiary/aromatic N) is 2. The summed E-state index contributed by atoms with van der Waals surface area (Å²) < 4.78 is 0. The van der Waals surface area contributed by atoms with Crippen molar-refractivity contribution in [2.75, 3.05) is 25.0 Å². The zero-order chi connectivity index (χ0) is 17.5. The number of aromatic nitrogens is 1. The van der Waals surface area contributed by atoms with E-state index in [9.17, 15) is 14.4 Å². The van der Waals surface area contributed by atoms with Crippen LogP contribution in [0.5, 0.6) is 0 Å². The summed E-state index contributed by atoms with van der Waals surface area (Å²) in [6.07, 6.45) is 1.87. The fourth-order valence-electron chi connectivity index (χ4n) is 2.77. The van der Waals surface area contributed by atoms with Gasteiger partial charge in [-0.3, -0.25) is 14.9 Å². The molecule has 130 valence electrons. The highest BCUT2D eigenvalue weighted by Gasteiger charge is 2.26. The Balaban J connectivity index is 1.82. The Morgan fingerprint density at radius 1 is 1.38 bits per heavy atom. The van der Waals surface area contributed by atoms with Gasteiger partial charge < -0.3 is 16.0 Å². The first kappa shape index (κ1) is 17.9. The lowest BCUT2D eigenvalue weighted by Gasteiger charge is -2.31. The van der Waals surface area contributed by atoms with Crippen LogP contribution in [0.15, 0.2) is 18.2 Å². The monoisotopic (exact) mass is 333 g/mol. The third-order valence-corrected chi connectivity index (χ3v) is 3.93. The Morgan fingerprint density at radius 2 is 2.17 bits per heavy atom. The highest BCUT2D eigenvalue weighted by molar-refractivity contribution is 5.93. The molecule has 2 rings (SSSR count). The molecule has 1 aliphatic rings. The molecule has 0 aromatic carbocycles. The lowest BCUT2D eigenvalue weighted by molar-refractivity contribution is -0.121. The van der Waals surface area contributed by atoms with Crippen molar-refractivity contribution in [1.29, 1.82) is 0 Å². The number of primary amides is 1. The SMILES string of the molecule is Cc1cccc(NC(=O)[C@H]2CCCN(CCC(=O)NC(N)=O)C2)n1. The molecular formula is C16H23N5O3. The molecule has 1 aromatic heterocycles. The number of piperidine rings is 1. The number of rotatable bonds is 5. The first-order valence-corrected chi connectivity index (χ1v) is 8.00.